The number of thioether (sulfide) groups is 1. The Balaban J connectivity index is 1.81. The molecule has 1 heterocycles. The predicted molar refractivity (Wildman–Crippen MR) is 90.0 cm³/mol. The van der Waals surface area contributed by atoms with Crippen molar-refractivity contribution in [1.29, 1.82) is 0 Å². The molecule has 1 aromatic carbocycles. The predicted octanol–water partition coefficient (Wildman–Crippen LogP) is 5.31. The molecule has 1 fully saturated rings. The van der Waals surface area contributed by atoms with Gasteiger partial charge in [0.05, 0.1) is 0 Å². The highest BCUT2D eigenvalue weighted by molar-refractivity contribution is 9.10. The SMILES string of the molecule is CCS[C@H]1C[C@@H](Oc2ccc(Br)c3cc(Cl)ncc23)C1. The van der Waals surface area contributed by atoms with Gasteiger partial charge in [0.2, 0.25) is 0 Å². The van der Waals surface area contributed by atoms with Gasteiger partial charge in [-0.05, 0) is 36.8 Å². The molecule has 2 nitrogen and oxygen atoms in total. The molecule has 2 aromatic rings. The molecule has 0 N–H and O–H groups in total. The number of hydrogen-bond donors (Lipinski definition) is 0. The number of halogens is 2. The van der Waals surface area contributed by atoms with Gasteiger partial charge in [0.25, 0.3) is 0 Å². The van der Waals surface area contributed by atoms with E-state index < -0.39 is 0 Å². The van der Waals surface area contributed by atoms with Crippen LogP contribution in [0.4, 0.5) is 0 Å². The number of ether oxygens (including phenoxy) is 1. The summed E-state index contributed by atoms with van der Waals surface area (Å²) < 4.78 is 7.13. The Hall–Kier alpha value is -0.450. The minimum Gasteiger partial charge on any atom is -0.490 e. The lowest BCUT2D eigenvalue weighted by molar-refractivity contribution is 0.128. The second-order valence-electron chi connectivity index (χ2n) is 4.89. The number of benzene rings is 1. The van der Waals surface area contributed by atoms with Crippen LogP contribution in [0.2, 0.25) is 5.15 Å². The average Bonchev–Trinajstić information content (AvgIpc) is 2.39. The van der Waals surface area contributed by atoms with Gasteiger partial charge in [0.1, 0.15) is 17.0 Å². The molecule has 106 valence electrons. The molecule has 0 bridgehead atoms. The lowest BCUT2D eigenvalue weighted by atomic mass is 9.95. The summed E-state index contributed by atoms with van der Waals surface area (Å²) in [7, 11) is 0. The minimum atomic E-state index is 0.333. The van der Waals surface area contributed by atoms with Crippen LogP contribution in [0.25, 0.3) is 10.8 Å². The number of nitrogens with zero attached hydrogens (tertiary/aromatic N) is 1. The van der Waals surface area contributed by atoms with Crippen LogP contribution in [0.1, 0.15) is 19.8 Å². The molecular formula is C15H15BrClNOS. The fourth-order valence-electron chi connectivity index (χ4n) is 2.42. The normalized spacial score (nSPS) is 21.8. The van der Waals surface area contributed by atoms with Gasteiger partial charge in [-0.15, -0.1) is 0 Å². The fourth-order valence-corrected chi connectivity index (χ4v) is 4.21. The van der Waals surface area contributed by atoms with Gasteiger partial charge in [-0.3, -0.25) is 0 Å². The van der Waals surface area contributed by atoms with Crippen molar-refractivity contribution in [3.05, 3.63) is 34.0 Å². The van der Waals surface area contributed by atoms with Crippen molar-refractivity contribution in [3.63, 3.8) is 0 Å². The molecule has 0 radical (unpaired) electrons. The van der Waals surface area contributed by atoms with Crippen molar-refractivity contribution in [2.45, 2.75) is 31.1 Å². The zero-order valence-electron chi connectivity index (χ0n) is 11.1. The van der Waals surface area contributed by atoms with Crippen LogP contribution in [0.3, 0.4) is 0 Å². The smallest absolute Gasteiger partial charge is 0.129 e. The molecule has 3 rings (SSSR count). The van der Waals surface area contributed by atoms with E-state index in [9.17, 15) is 0 Å². The Morgan fingerprint density at radius 2 is 2.20 bits per heavy atom. The minimum absolute atomic E-state index is 0.333. The van der Waals surface area contributed by atoms with Crippen LogP contribution in [-0.2, 0) is 0 Å². The van der Waals surface area contributed by atoms with E-state index in [0.29, 0.717) is 11.3 Å². The van der Waals surface area contributed by atoms with E-state index in [2.05, 4.69) is 27.8 Å². The quantitative estimate of drug-likeness (QED) is 0.679. The average molecular weight is 373 g/mol. The van der Waals surface area contributed by atoms with Crippen molar-refractivity contribution >= 4 is 50.1 Å². The number of hydrogen-bond acceptors (Lipinski definition) is 3. The maximum absolute atomic E-state index is 6.12. The largest absolute Gasteiger partial charge is 0.490 e. The first-order valence-electron chi connectivity index (χ1n) is 6.69. The molecular weight excluding hydrogens is 358 g/mol. The molecule has 0 unspecified atom stereocenters. The highest BCUT2D eigenvalue weighted by Crippen LogP contribution is 2.38. The van der Waals surface area contributed by atoms with E-state index in [1.54, 1.807) is 6.20 Å². The van der Waals surface area contributed by atoms with Crippen molar-refractivity contribution < 1.29 is 4.74 Å². The number of pyridine rings is 1. The van der Waals surface area contributed by atoms with E-state index in [1.807, 2.05) is 30.0 Å². The lowest BCUT2D eigenvalue weighted by Gasteiger charge is -2.35. The highest BCUT2D eigenvalue weighted by atomic mass is 79.9. The van der Waals surface area contributed by atoms with Gasteiger partial charge >= 0.3 is 0 Å². The molecule has 0 aliphatic heterocycles. The summed E-state index contributed by atoms with van der Waals surface area (Å²) >= 11 is 11.5. The van der Waals surface area contributed by atoms with Crippen molar-refractivity contribution in [3.8, 4) is 5.75 Å². The van der Waals surface area contributed by atoms with Crippen LogP contribution in [0.15, 0.2) is 28.9 Å². The van der Waals surface area contributed by atoms with Crippen molar-refractivity contribution in [2.24, 2.45) is 0 Å². The van der Waals surface area contributed by atoms with E-state index in [0.717, 1.165) is 39.1 Å². The first kappa shape index (κ1) is 14.5. The van der Waals surface area contributed by atoms with Gasteiger partial charge in [-0.1, -0.05) is 34.5 Å². The van der Waals surface area contributed by atoms with Gasteiger partial charge in [0.15, 0.2) is 0 Å². The second kappa shape index (κ2) is 6.12. The Morgan fingerprint density at radius 1 is 1.40 bits per heavy atom. The van der Waals surface area contributed by atoms with Crippen LogP contribution < -0.4 is 4.74 Å². The second-order valence-corrected chi connectivity index (χ2v) is 7.71. The maximum Gasteiger partial charge on any atom is 0.129 e. The van der Waals surface area contributed by atoms with Crippen molar-refractivity contribution in [2.75, 3.05) is 5.75 Å². The van der Waals surface area contributed by atoms with Crippen LogP contribution in [0.5, 0.6) is 5.75 Å². The Kier molecular flexibility index (Phi) is 4.43. The molecule has 1 aromatic heterocycles. The Morgan fingerprint density at radius 3 is 2.95 bits per heavy atom. The third-order valence-corrected chi connectivity index (χ3v) is 5.61. The maximum atomic E-state index is 6.12. The monoisotopic (exact) mass is 371 g/mol. The van der Waals surface area contributed by atoms with Crippen molar-refractivity contribution in [1.82, 2.24) is 4.98 Å². The summed E-state index contributed by atoms with van der Waals surface area (Å²) in [6.07, 6.45) is 4.39. The highest BCUT2D eigenvalue weighted by Gasteiger charge is 2.31. The Bertz CT molecular complexity index is 631. The molecule has 1 saturated carbocycles. The number of rotatable bonds is 4. The van der Waals surface area contributed by atoms with Crippen LogP contribution in [0, 0.1) is 0 Å². The first-order valence-corrected chi connectivity index (χ1v) is 8.91. The molecule has 1 aliphatic carbocycles. The molecule has 0 amide bonds. The van der Waals surface area contributed by atoms with E-state index in [-0.39, 0.29) is 0 Å². The summed E-state index contributed by atoms with van der Waals surface area (Å²) in [4.78, 5) is 4.17. The molecule has 20 heavy (non-hydrogen) atoms. The zero-order valence-corrected chi connectivity index (χ0v) is 14.3. The van der Waals surface area contributed by atoms with Gasteiger partial charge in [-0.25, -0.2) is 4.98 Å². The number of aromatic nitrogens is 1. The summed E-state index contributed by atoms with van der Waals surface area (Å²) in [6, 6.07) is 5.87. The Labute approximate surface area is 136 Å². The summed E-state index contributed by atoms with van der Waals surface area (Å²) in [6.45, 7) is 2.20. The third kappa shape index (κ3) is 2.92. The van der Waals surface area contributed by atoms with E-state index in [1.165, 1.54) is 5.75 Å². The van der Waals surface area contributed by atoms with Crippen LogP contribution >= 0.6 is 39.3 Å². The first-order chi connectivity index (χ1) is 9.67. The molecule has 1 aliphatic rings. The van der Waals surface area contributed by atoms with E-state index >= 15 is 0 Å². The molecule has 0 spiro atoms. The topological polar surface area (TPSA) is 22.1 Å². The summed E-state index contributed by atoms with van der Waals surface area (Å²) in [5, 5.41) is 3.31. The van der Waals surface area contributed by atoms with Crippen LogP contribution in [-0.4, -0.2) is 22.1 Å². The standard InChI is InChI=1S/C15H15BrClNOS/c1-2-20-10-5-9(6-10)19-14-4-3-13(16)11-7-15(17)18-8-12(11)14/h3-4,7-10H,2,5-6H2,1H3/t9-,10+. The van der Waals surface area contributed by atoms with Gasteiger partial charge in [-0.2, -0.15) is 11.8 Å². The zero-order chi connectivity index (χ0) is 14.1. The number of fused-ring (bicyclic) bond motifs is 1. The van der Waals surface area contributed by atoms with Gasteiger partial charge < -0.3 is 4.74 Å². The van der Waals surface area contributed by atoms with E-state index in [4.69, 9.17) is 16.3 Å². The summed E-state index contributed by atoms with van der Waals surface area (Å²) in [5.74, 6) is 2.08. The lowest BCUT2D eigenvalue weighted by Crippen LogP contribution is -2.35. The third-order valence-electron chi connectivity index (χ3n) is 3.52. The van der Waals surface area contributed by atoms with Gasteiger partial charge in [0, 0.05) is 26.7 Å². The molecule has 5 heteroatoms. The fraction of sp³-hybridized carbons (Fsp3) is 0.400. The molecule has 0 atom stereocenters. The summed E-state index contributed by atoms with van der Waals surface area (Å²) in [5.41, 5.74) is 0. The molecule has 0 saturated heterocycles.